The fourth-order valence-corrected chi connectivity index (χ4v) is 3.58. The second kappa shape index (κ2) is 7.01. The third-order valence-electron chi connectivity index (χ3n) is 5.50. The van der Waals surface area contributed by atoms with Gasteiger partial charge in [0.15, 0.2) is 0 Å². The van der Waals surface area contributed by atoms with Crippen molar-refractivity contribution in [2.24, 2.45) is 0 Å². The molecule has 3 rings (SSSR count). The van der Waals surface area contributed by atoms with Crippen molar-refractivity contribution in [3.63, 3.8) is 0 Å². The molecule has 1 fully saturated rings. The molecule has 0 spiro atoms. The summed E-state index contributed by atoms with van der Waals surface area (Å²) < 4.78 is 7.01. The van der Waals surface area contributed by atoms with Crippen LogP contribution in [0.4, 0.5) is 0 Å². The summed E-state index contributed by atoms with van der Waals surface area (Å²) in [5.74, 6) is -0.151. The van der Waals surface area contributed by atoms with Crippen LogP contribution in [-0.4, -0.2) is 43.7 Å². The SMILES string of the molecule is CC(C(=O)OC1CC[N+](C)(C)CC1)(c1ccccc1)c1ccccc1. The first-order chi connectivity index (χ1) is 11.9. The largest absolute Gasteiger partial charge is 0.461 e. The second-order valence-corrected chi connectivity index (χ2v) is 7.84. The molecule has 2 aromatic carbocycles. The van der Waals surface area contributed by atoms with Crippen LogP contribution in [0.2, 0.25) is 0 Å². The summed E-state index contributed by atoms with van der Waals surface area (Å²) >= 11 is 0. The van der Waals surface area contributed by atoms with Crippen molar-refractivity contribution >= 4 is 5.97 Å². The van der Waals surface area contributed by atoms with Crippen LogP contribution in [-0.2, 0) is 14.9 Å². The molecule has 132 valence electrons. The molecule has 0 amide bonds. The molecule has 1 heterocycles. The number of ether oxygens (including phenoxy) is 1. The number of esters is 1. The van der Waals surface area contributed by atoms with Gasteiger partial charge in [0.2, 0.25) is 0 Å². The van der Waals surface area contributed by atoms with Gasteiger partial charge in [-0.25, -0.2) is 0 Å². The van der Waals surface area contributed by atoms with Gasteiger partial charge in [-0.2, -0.15) is 0 Å². The average molecular weight is 338 g/mol. The van der Waals surface area contributed by atoms with Gasteiger partial charge in [0.1, 0.15) is 11.5 Å². The van der Waals surface area contributed by atoms with Crippen LogP contribution in [0.3, 0.4) is 0 Å². The number of carbonyl (C=O) groups is 1. The molecular formula is C22H28NO2+. The molecular weight excluding hydrogens is 310 g/mol. The number of benzene rings is 2. The van der Waals surface area contributed by atoms with Crippen molar-refractivity contribution in [1.29, 1.82) is 0 Å². The molecule has 25 heavy (non-hydrogen) atoms. The van der Waals surface area contributed by atoms with E-state index in [4.69, 9.17) is 4.74 Å². The van der Waals surface area contributed by atoms with Crippen molar-refractivity contribution in [2.45, 2.75) is 31.3 Å². The van der Waals surface area contributed by atoms with Crippen LogP contribution in [0.15, 0.2) is 60.7 Å². The van der Waals surface area contributed by atoms with Crippen molar-refractivity contribution in [1.82, 2.24) is 0 Å². The molecule has 1 saturated heterocycles. The van der Waals surface area contributed by atoms with Gasteiger partial charge < -0.3 is 9.22 Å². The lowest BCUT2D eigenvalue weighted by molar-refractivity contribution is -0.896. The van der Waals surface area contributed by atoms with Gasteiger partial charge in [-0.05, 0) is 18.1 Å². The monoisotopic (exact) mass is 338 g/mol. The van der Waals surface area contributed by atoms with E-state index in [2.05, 4.69) is 14.1 Å². The topological polar surface area (TPSA) is 26.3 Å². The number of piperidine rings is 1. The first-order valence-electron chi connectivity index (χ1n) is 9.06. The van der Waals surface area contributed by atoms with Gasteiger partial charge in [-0.3, -0.25) is 4.79 Å². The van der Waals surface area contributed by atoms with E-state index in [-0.39, 0.29) is 12.1 Å². The molecule has 0 aromatic heterocycles. The van der Waals surface area contributed by atoms with E-state index in [1.54, 1.807) is 0 Å². The molecule has 0 N–H and O–H groups in total. The summed E-state index contributed by atoms with van der Waals surface area (Å²) in [6.07, 6.45) is 1.88. The number of hydrogen-bond acceptors (Lipinski definition) is 2. The molecule has 0 atom stereocenters. The third-order valence-corrected chi connectivity index (χ3v) is 5.50. The predicted octanol–water partition coefficient (Wildman–Crippen LogP) is 3.77. The fourth-order valence-electron chi connectivity index (χ4n) is 3.58. The summed E-state index contributed by atoms with van der Waals surface area (Å²) in [6.45, 7) is 4.07. The smallest absolute Gasteiger partial charge is 0.321 e. The molecule has 3 heteroatoms. The third kappa shape index (κ3) is 3.77. The van der Waals surface area contributed by atoms with E-state index in [1.165, 1.54) is 0 Å². The van der Waals surface area contributed by atoms with Crippen LogP contribution in [0.1, 0.15) is 30.9 Å². The Morgan fingerprint density at radius 1 is 0.920 bits per heavy atom. The van der Waals surface area contributed by atoms with Crippen LogP contribution in [0.5, 0.6) is 0 Å². The highest BCUT2D eigenvalue weighted by Gasteiger charge is 2.40. The van der Waals surface area contributed by atoms with Crippen molar-refractivity contribution in [3.05, 3.63) is 71.8 Å². The molecule has 2 aromatic rings. The Labute approximate surface area is 150 Å². The van der Waals surface area contributed by atoms with Gasteiger partial charge >= 0.3 is 5.97 Å². The Hall–Kier alpha value is -2.13. The number of carbonyl (C=O) groups excluding carboxylic acids is 1. The molecule has 0 bridgehead atoms. The summed E-state index contributed by atoms with van der Waals surface area (Å²) in [7, 11) is 4.46. The van der Waals surface area contributed by atoms with Crippen LogP contribution in [0.25, 0.3) is 0 Å². The lowest BCUT2D eigenvalue weighted by atomic mass is 9.76. The van der Waals surface area contributed by atoms with E-state index in [1.807, 2.05) is 67.6 Å². The highest BCUT2D eigenvalue weighted by molar-refractivity contribution is 5.87. The van der Waals surface area contributed by atoms with Crippen molar-refractivity contribution in [2.75, 3.05) is 27.2 Å². The minimum absolute atomic E-state index is 0.0189. The predicted molar refractivity (Wildman–Crippen MR) is 100 cm³/mol. The van der Waals surface area contributed by atoms with Gasteiger partial charge in [0, 0.05) is 12.8 Å². The average Bonchev–Trinajstić information content (AvgIpc) is 2.64. The summed E-state index contributed by atoms with van der Waals surface area (Å²) in [6, 6.07) is 19.9. The first kappa shape index (κ1) is 17.7. The summed E-state index contributed by atoms with van der Waals surface area (Å²) in [5.41, 5.74) is 1.15. The lowest BCUT2D eigenvalue weighted by Gasteiger charge is -2.38. The minimum atomic E-state index is -0.787. The van der Waals surface area contributed by atoms with Crippen molar-refractivity contribution < 1.29 is 14.0 Å². The number of likely N-dealkylation sites (tertiary alicyclic amines) is 1. The Morgan fingerprint density at radius 2 is 1.36 bits per heavy atom. The maximum Gasteiger partial charge on any atom is 0.321 e. The van der Waals surface area contributed by atoms with E-state index in [9.17, 15) is 4.79 Å². The summed E-state index contributed by atoms with van der Waals surface area (Å²) in [4.78, 5) is 13.3. The molecule has 1 aliphatic rings. The second-order valence-electron chi connectivity index (χ2n) is 7.84. The Balaban J connectivity index is 1.87. The van der Waals surface area contributed by atoms with E-state index < -0.39 is 5.41 Å². The number of hydrogen-bond donors (Lipinski definition) is 0. The zero-order valence-corrected chi connectivity index (χ0v) is 15.4. The molecule has 1 aliphatic heterocycles. The molecule has 3 nitrogen and oxygen atoms in total. The van der Waals surface area contributed by atoms with Gasteiger partial charge in [-0.15, -0.1) is 0 Å². The van der Waals surface area contributed by atoms with E-state index in [0.717, 1.165) is 41.5 Å². The fraction of sp³-hybridized carbons (Fsp3) is 0.409. The maximum atomic E-state index is 13.3. The zero-order valence-electron chi connectivity index (χ0n) is 15.4. The lowest BCUT2D eigenvalue weighted by Crippen LogP contribution is -2.49. The highest BCUT2D eigenvalue weighted by Crippen LogP contribution is 2.34. The molecule has 0 aliphatic carbocycles. The maximum absolute atomic E-state index is 13.3. The van der Waals surface area contributed by atoms with E-state index in [0.29, 0.717) is 0 Å². The highest BCUT2D eigenvalue weighted by atomic mass is 16.5. The summed E-state index contributed by atoms with van der Waals surface area (Å²) in [5, 5.41) is 0. The molecule has 0 saturated carbocycles. The Kier molecular flexibility index (Phi) is 4.96. The van der Waals surface area contributed by atoms with E-state index >= 15 is 0 Å². The molecule has 0 radical (unpaired) electrons. The minimum Gasteiger partial charge on any atom is -0.461 e. The Bertz CT molecular complexity index is 660. The van der Waals surface area contributed by atoms with Crippen LogP contribution >= 0.6 is 0 Å². The van der Waals surface area contributed by atoms with Gasteiger partial charge in [0.05, 0.1) is 27.2 Å². The molecule has 0 unspecified atom stereocenters. The quantitative estimate of drug-likeness (QED) is 0.626. The standard InChI is InChI=1S/C22H28NO2/c1-22(18-10-6-4-7-11-18,19-12-8-5-9-13-19)21(24)25-20-14-16-23(2,3)17-15-20/h4-13,20H,14-17H2,1-3H3/q+1. The Morgan fingerprint density at radius 3 is 1.80 bits per heavy atom. The first-order valence-corrected chi connectivity index (χ1v) is 9.06. The normalized spacial score (nSPS) is 17.9. The zero-order chi connectivity index (χ0) is 17.9. The van der Waals surface area contributed by atoms with Gasteiger partial charge in [0.25, 0.3) is 0 Å². The van der Waals surface area contributed by atoms with Crippen LogP contribution < -0.4 is 0 Å². The van der Waals surface area contributed by atoms with Crippen LogP contribution in [0, 0.1) is 0 Å². The van der Waals surface area contributed by atoms with Crippen molar-refractivity contribution in [3.8, 4) is 0 Å². The number of quaternary nitrogens is 1. The van der Waals surface area contributed by atoms with Gasteiger partial charge in [-0.1, -0.05) is 60.7 Å². The number of rotatable bonds is 4. The number of nitrogens with zero attached hydrogens (tertiary/aromatic N) is 1.